The molecule has 2 aromatic rings. The number of methoxy groups -OCH3 is 1. The van der Waals surface area contributed by atoms with Crippen LogP contribution in [0.4, 0.5) is 0 Å². The number of halogens is 4. The average molecular weight is 336 g/mol. The third kappa shape index (κ3) is 3.29. The van der Waals surface area contributed by atoms with Crippen LogP contribution in [0.5, 0.6) is 5.75 Å². The predicted molar refractivity (Wildman–Crippen MR) is 82.2 cm³/mol. The Morgan fingerprint density at radius 2 is 1.47 bits per heavy atom. The van der Waals surface area contributed by atoms with Crippen molar-refractivity contribution in [2.24, 2.45) is 0 Å². The zero-order valence-corrected chi connectivity index (χ0v) is 13.0. The zero-order valence-electron chi connectivity index (χ0n) is 9.96. The number of hydrogen-bond acceptors (Lipinski definition) is 1. The lowest BCUT2D eigenvalue weighted by atomic mass is 10.0. The van der Waals surface area contributed by atoms with Gasteiger partial charge in [-0.3, -0.25) is 0 Å². The molecule has 2 aromatic carbocycles. The Bertz CT molecular complexity index is 598. The van der Waals surface area contributed by atoms with Gasteiger partial charge in [-0.1, -0.05) is 46.9 Å². The van der Waals surface area contributed by atoms with Crippen LogP contribution in [0.2, 0.25) is 15.1 Å². The van der Waals surface area contributed by atoms with E-state index in [1.807, 2.05) is 6.07 Å². The molecular weight excluding hydrogens is 326 g/mol. The largest absolute Gasteiger partial charge is 0.497 e. The van der Waals surface area contributed by atoms with Gasteiger partial charge in [-0.25, -0.2) is 0 Å². The molecule has 0 saturated carbocycles. The molecule has 0 saturated heterocycles. The Morgan fingerprint density at radius 1 is 0.895 bits per heavy atom. The van der Waals surface area contributed by atoms with Crippen molar-refractivity contribution >= 4 is 46.4 Å². The molecule has 100 valence electrons. The van der Waals surface area contributed by atoms with Gasteiger partial charge in [-0.15, -0.1) is 11.6 Å². The number of benzene rings is 2. The molecule has 0 aliphatic carbocycles. The van der Waals surface area contributed by atoms with Crippen LogP contribution in [0, 0.1) is 0 Å². The Labute approximate surface area is 132 Å². The second kappa shape index (κ2) is 6.23. The minimum atomic E-state index is -0.442. The topological polar surface area (TPSA) is 9.23 Å². The second-order valence-electron chi connectivity index (χ2n) is 3.92. The van der Waals surface area contributed by atoms with Crippen LogP contribution in [0.25, 0.3) is 0 Å². The molecule has 0 N–H and O–H groups in total. The summed E-state index contributed by atoms with van der Waals surface area (Å²) in [5, 5.41) is 1.17. The van der Waals surface area contributed by atoms with E-state index in [9.17, 15) is 0 Å². The summed E-state index contributed by atoms with van der Waals surface area (Å²) in [5.74, 6) is 0.680. The molecule has 2 rings (SSSR count). The van der Waals surface area contributed by atoms with Gasteiger partial charge in [0, 0.05) is 15.1 Å². The molecule has 1 atom stereocenters. The molecule has 1 unspecified atom stereocenters. The van der Waals surface area contributed by atoms with E-state index in [4.69, 9.17) is 51.1 Å². The monoisotopic (exact) mass is 334 g/mol. The SMILES string of the molecule is COc1ccc(C(Cl)c2ccc(Cl)cc2Cl)c(Cl)c1. The maximum atomic E-state index is 6.44. The van der Waals surface area contributed by atoms with Gasteiger partial charge in [-0.05, 0) is 35.4 Å². The van der Waals surface area contributed by atoms with Gasteiger partial charge >= 0.3 is 0 Å². The highest BCUT2D eigenvalue weighted by molar-refractivity contribution is 6.36. The van der Waals surface area contributed by atoms with Crippen molar-refractivity contribution in [3.63, 3.8) is 0 Å². The first kappa shape index (κ1) is 14.8. The summed E-state index contributed by atoms with van der Waals surface area (Å²) in [7, 11) is 1.58. The number of hydrogen-bond donors (Lipinski definition) is 0. The summed E-state index contributed by atoms with van der Waals surface area (Å²) >= 11 is 24.7. The molecule has 1 nitrogen and oxygen atoms in total. The number of ether oxygens (including phenoxy) is 1. The van der Waals surface area contributed by atoms with E-state index in [1.165, 1.54) is 0 Å². The number of rotatable bonds is 3. The maximum Gasteiger partial charge on any atom is 0.120 e. The smallest absolute Gasteiger partial charge is 0.120 e. The van der Waals surface area contributed by atoms with Gasteiger partial charge in [0.2, 0.25) is 0 Å². The second-order valence-corrected chi connectivity index (χ2v) is 5.60. The first-order chi connectivity index (χ1) is 9.02. The lowest BCUT2D eigenvalue weighted by Crippen LogP contribution is -1.96. The van der Waals surface area contributed by atoms with E-state index in [0.717, 1.165) is 11.1 Å². The molecule has 0 aromatic heterocycles. The quantitative estimate of drug-likeness (QED) is 0.626. The molecule has 5 heteroatoms. The van der Waals surface area contributed by atoms with Crippen molar-refractivity contribution in [1.29, 1.82) is 0 Å². The average Bonchev–Trinajstić information content (AvgIpc) is 2.37. The first-order valence-corrected chi connectivity index (χ1v) is 7.02. The van der Waals surface area contributed by atoms with E-state index < -0.39 is 5.38 Å². The molecule has 0 heterocycles. The molecule has 0 aliphatic heterocycles. The van der Waals surface area contributed by atoms with Crippen LogP contribution in [0.15, 0.2) is 36.4 Å². The minimum Gasteiger partial charge on any atom is -0.497 e. The summed E-state index contributed by atoms with van der Waals surface area (Å²) in [4.78, 5) is 0. The van der Waals surface area contributed by atoms with Gasteiger partial charge in [0.05, 0.1) is 12.5 Å². The Kier molecular flexibility index (Phi) is 4.86. The van der Waals surface area contributed by atoms with E-state index in [2.05, 4.69) is 0 Å². The minimum absolute atomic E-state index is 0.442. The van der Waals surface area contributed by atoms with Crippen molar-refractivity contribution in [3.8, 4) is 5.75 Å². The van der Waals surface area contributed by atoms with Crippen LogP contribution in [-0.2, 0) is 0 Å². The Balaban J connectivity index is 2.41. The molecule has 0 bridgehead atoms. The van der Waals surface area contributed by atoms with Crippen molar-refractivity contribution < 1.29 is 4.74 Å². The molecule has 0 radical (unpaired) electrons. The summed E-state index contributed by atoms with van der Waals surface area (Å²) in [6.07, 6.45) is 0. The molecule has 0 amide bonds. The first-order valence-electron chi connectivity index (χ1n) is 5.45. The normalized spacial score (nSPS) is 12.3. The Hall–Kier alpha value is -0.600. The van der Waals surface area contributed by atoms with Gasteiger partial charge in [-0.2, -0.15) is 0 Å². The molecule has 19 heavy (non-hydrogen) atoms. The van der Waals surface area contributed by atoms with Gasteiger partial charge in [0.25, 0.3) is 0 Å². The van der Waals surface area contributed by atoms with Crippen LogP contribution < -0.4 is 4.74 Å². The van der Waals surface area contributed by atoms with Crippen molar-refractivity contribution in [1.82, 2.24) is 0 Å². The van der Waals surface area contributed by atoms with Gasteiger partial charge in [0.1, 0.15) is 5.75 Å². The summed E-state index contributed by atoms with van der Waals surface area (Å²) in [6, 6.07) is 10.5. The van der Waals surface area contributed by atoms with Crippen LogP contribution >= 0.6 is 46.4 Å². The highest BCUT2D eigenvalue weighted by Crippen LogP contribution is 2.38. The maximum absolute atomic E-state index is 6.44. The molecule has 0 fully saturated rings. The van der Waals surface area contributed by atoms with E-state index >= 15 is 0 Å². The highest BCUT2D eigenvalue weighted by Gasteiger charge is 2.17. The van der Waals surface area contributed by atoms with Gasteiger partial charge < -0.3 is 4.74 Å². The van der Waals surface area contributed by atoms with Crippen molar-refractivity contribution in [2.45, 2.75) is 5.38 Å². The fraction of sp³-hybridized carbons (Fsp3) is 0.143. The van der Waals surface area contributed by atoms with Crippen molar-refractivity contribution in [2.75, 3.05) is 7.11 Å². The van der Waals surface area contributed by atoms with E-state index in [1.54, 1.807) is 37.4 Å². The summed E-state index contributed by atoms with van der Waals surface area (Å²) in [5.41, 5.74) is 1.54. The van der Waals surface area contributed by atoms with Crippen LogP contribution in [0.1, 0.15) is 16.5 Å². The third-order valence-electron chi connectivity index (χ3n) is 2.72. The van der Waals surface area contributed by atoms with Crippen LogP contribution in [-0.4, -0.2) is 7.11 Å². The van der Waals surface area contributed by atoms with Gasteiger partial charge in [0.15, 0.2) is 0 Å². The Morgan fingerprint density at radius 3 is 2.00 bits per heavy atom. The third-order valence-corrected chi connectivity index (χ3v) is 4.08. The van der Waals surface area contributed by atoms with E-state index in [-0.39, 0.29) is 0 Å². The number of alkyl halides is 1. The standard InChI is InChI=1S/C14H10Cl4O/c1-19-9-3-5-11(13(17)7-9)14(18)10-4-2-8(15)6-12(10)16/h2-7,14H,1H3. The highest BCUT2D eigenvalue weighted by atomic mass is 35.5. The molecule has 0 aliphatic rings. The summed E-state index contributed by atoms with van der Waals surface area (Å²) < 4.78 is 5.10. The van der Waals surface area contributed by atoms with Crippen molar-refractivity contribution in [3.05, 3.63) is 62.6 Å². The summed E-state index contributed by atoms with van der Waals surface area (Å²) in [6.45, 7) is 0. The van der Waals surface area contributed by atoms with E-state index in [0.29, 0.717) is 20.8 Å². The predicted octanol–water partition coefficient (Wildman–Crippen LogP) is 5.98. The lowest BCUT2D eigenvalue weighted by molar-refractivity contribution is 0.414. The zero-order chi connectivity index (χ0) is 14.0. The van der Waals surface area contributed by atoms with Crippen LogP contribution in [0.3, 0.4) is 0 Å². The molecular formula is C14H10Cl4O. The fourth-order valence-electron chi connectivity index (χ4n) is 1.71. The molecule has 0 spiro atoms. The lowest BCUT2D eigenvalue weighted by Gasteiger charge is -2.14. The fourth-order valence-corrected chi connectivity index (χ4v) is 3.00.